The molecule has 0 saturated heterocycles. The lowest BCUT2D eigenvalue weighted by Gasteiger charge is -2.09. The standard InChI is InChI=1S/C21H42N3O9PS/c1-34(28,29)33-12-6-4-3-5-9-24-21(27)32-15-11-23-19(25)7-13-30-16-17-31-14-10-22-20(26)8-18-35-2/h3-18H2,1-2H3,(H,22,26)(H,23,25)(H,24,27)(H,28,29). The van der Waals surface area contributed by atoms with E-state index in [0.29, 0.717) is 45.8 Å². The summed E-state index contributed by atoms with van der Waals surface area (Å²) < 4.78 is 31.4. The zero-order chi connectivity index (χ0) is 26.2. The number of thioether (sulfide) groups is 1. The summed E-state index contributed by atoms with van der Waals surface area (Å²) in [6, 6.07) is 0. The number of rotatable bonds is 23. The van der Waals surface area contributed by atoms with E-state index in [2.05, 4.69) is 16.0 Å². The molecule has 0 bridgehead atoms. The number of carbonyl (C=O) groups excluding carboxylic acids is 3. The maximum absolute atomic E-state index is 11.7. The highest BCUT2D eigenvalue weighted by molar-refractivity contribution is 7.98. The molecule has 0 rings (SSSR count). The first-order valence-corrected chi connectivity index (χ1v) is 15.2. The molecule has 206 valence electrons. The van der Waals surface area contributed by atoms with Gasteiger partial charge in [-0.15, -0.1) is 0 Å². The van der Waals surface area contributed by atoms with Gasteiger partial charge in [0.2, 0.25) is 11.8 Å². The van der Waals surface area contributed by atoms with Gasteiger partial charge < -0.3 is 39.6 Å². The van der Waals surface area contributed by atoms with Gasteiger partial charge in [-0.05, 0) is 19.1 Å². The Morgan fingerprint density at radius 1 is 0.771 bits per heavy atom. The summed E-state index contributed by atoms with van der Waals surface area (Å²) in [5, 5.41) is 8.03. The van der Waals surface area contributed by atoms with Gasteiger partial charge in [0.05, 0.1) is 39.6 Å². The van der Waals surface area contributed by atoms with Crippen LogP contribution in [0.4, 0.5) is 4.79 Å². The van der Waals surface area contributed by atoms with E-state index in [4.69, 9.17) is 23.6 Å². The fraction of sp³-hybridized carbons (Fsp3) is 0.857. The zero-order valence-corrected chi connectivity index (χ0v) is 22.6. The molecule has 0 radical (unpaired) electrons. The van der Waals surface area contributed by atoms with E-state index in [9.17, 15) is 18.9 Å². The normalized spacial score (nSPS) is 12.5. The summed E-state index contributed by atoms with van der Waals surface area (Å²) in [6.45, 7) is 4.00. The van der Waals surface area contributed by atoms with Crippen LogP contribution in [0.3, 0.4) is 0 Å². The minimum absolute atomic E-state index is 0.0155. The average molecular weight is 544 g/mol. The molecule has 4 N–H and O–H groups in total. The van der Waals surface area contributed by atoms with Gasteiger partial charge in [-0.25, -0.2) is 4.79 Å². The van der Waals surface area contributed by atoms with E-state index in [-0.39, 0.29) is 44.6 Å². The molecule has 0 aromatic rings. The van der Waals surface area contributed by atoms with Crippen LogP contribution in [0.5, 0.6) is 0 Å². The number of carbonyl (C=O) groups is 3. The molecule has 0 saturated carbocycles. The fourth-order valence-corrected chi connectivity index (χ4v) is 3.37. The summed E-state index contributed by atoms with van der Waals surface area (Å²) >= 11 is 1.63. The Morgan fingerprint density at radius 3 is 2.09 bits per heavy atom. The van der Waals surface area contributed by atoms with E-state index in [1.807, 2.05) is 6.26 Å². The first kappa shape index (κ1) is 33.6. The van der Waals surface area contributed by atoms with Crippen LogP contribution in [0.2, 0.25) is 0 Å². The minimum Gasteiger partial charge on any atom is -0.448 e. The summed E-state index contributed by atoms with van der Waals surface area (Å²) in [7, 11) is -3.40. The van der Waals surface area contributed by atoms with Gasteiger partial charge in [0.1, 0.15) is 6.61 Å². The van der Waals surface area contributed by atoms with Gasteiger partial charge in [-0.3, -0.25) is 14.2 Å². The fourth-order valence-electron chi connectivity index (χ4n) is 2.51. The van der Waals surface area contributed by atoms with E-state index in [1.165, 1.54) is 0 Å². The zero-order valence-electron chi connectivity index (χ0n) is 20.9. The summed E-state index contributed by atoms with van der Waals surface area (Å²) in [5.74, 6) is 0.615. The first-order valence-electron chi connectivity index (χ1n) is 11.8. The van der Waals surface area contributed by atoms with E-state index in [1.54, 1.807) is 11.8 Å². The molecule has 0 aromatic heterocycles. The molecule has 14 heteroatoms. The maximum Gasteiger partial charge on any atom is 0.407 e. The first-order chi connectivity index (χ1) is 16.7. The summed E-state index contributed by atoms with van der Waals surface area (Å²) in [5.41, 5.74) is 0. The highest BCUT2D eigenvalue weighted by Crippen LogP contribution is 2.36. The number of ether oxygens (including phenoxy) is 3. The minimum atomic E-state index is -3.40. The van der Waals surface area contributed by atoms with Crippen LogP contribution < -0.4 is 16.0 Å². The maximum atomic E-state index is 11.7. The van der Waals surface area contributed by atoms with Gasteiger partial charge >= 0.3 is 13.7 Å². The molecule has 35 heavy (non-hydrogen) atoms. The number of hydrogen-bond acceptors (Lipinski definition) is 9. The molecule has 0 aliphatic carbocycles. The Hall–Kier alpha value is -1.37. The molecule has 12 nitrogen and oxygen atoms in total. The Bertz CT molecular complexity index is 623. The molecule has 0 aromatic carbocycles. The predicted molar refractivity (Wildman–Crippen MR) is 135 cm³/mol. The van der Waals surface area contributed by atoms with Crippen molar-refractivity contribution in [1.29, 1.82) is 0 Å². The van der Waals surface area contributed by atoms with E-state index >= 15 is 0 Å². The van der Waals surface area contributed by atoms with Crippen molar-refractivity contribution in [1.82, 2.24) is 16.0 Å². The third-order valence-corrected chi connectivity index (χ3v) is 5.55. The monoisotopic (exact) mass is 543 g/mol. The Kier molecular flexibility index (Phi) is 22.2. The van der Waals surface area contributed by atoms with Gasteiger partial charge in [-0.2, -0.15) is 11.8 Å². The largest absolute Gasteiger partial charge is 0.448 e. The smallest absolute Gasteiger partial charge is 0.407 e. The Balaban J connectivity index is 3.38. The third kappa shape index (κ3) is 27.1. The molecule has 3 amide bonds. The number of amides is 3. The lowest BCUT2D eigenvalue weighted by Crippen LogP contribution is -2.31. The van der Waals surface area contributed by atoms with Crippen molar-refractivity contribution < 1.29 is 42.6 Å². The molecule has 0 spiro atoms. The second-order valence-corrected chi connectivity index (χ2v) is 10.4. The van der Waals surface area contributed by atoms with Crippen LogP contribution in [0.1, 0.15) is 38.5 Å². The molecular weight excluding hydrogens is 501 g/mol. The SMILES string of the molecule is CSCCC(=O)NCCOCCOCCC(=O)NCCOC(=O)NCCCCCCOP(C)(=O)O. The van der Waals surface area contributed by atoms with Crippen molar-refractivity contribution in [2.45, 2.75) is 38.5 Å². The lowest BCUT2D eigenvalue weighted by atomic mass is 10.2. The topological polar surface area (TPSA) is 162 Å². The van der Waals surface area contributed by atoms with Gasteiger partial charge in [0.15, 0.2) is 0 Å². The molecule has 0 heterocycles. The predicted octanol–water partition coefficient (Wildman–Crippen LogP) is 1.51. The summed E-state index contributed by atoms with van der Waals surface area (Å²) in [6.07, 6.45) is 5.23. The molecular formula is C21H42N3O9PS. The lowest BCUT2D eigenvalue weighted by molar-refractivity contribution is -0.122. The van der Waals surface area contributed by atoms with Crippen molar-refractivity contribution in [3.8, 4) is 0 Å². The van der Waals surface area contributed by atoms with Crippen LogP contribution in [0.25, 0.3) is 0 Å². The van der Waals surface area contributed by atoms with Crippen LogP contribution in [0, 0.1) is 0 Å². The number of nitrogens with one attached hydrogen (secondary N) is 3. The second kappa shape index (κ2) is 23.1. The highest BCUT2D eigenvalue weighted by Gasteiger charge is 2.08. The molecule has 0 aliphatic rings. The van der Waals surface area contributed by atoms with Gasteiger partial charge in [0.25, 0.3) is 0 Å². The number of hydrogen-bond donors (Lipinski definition) is 4. The van der Waals surface area contributed by atoms with Crippen LogP contribution in [0.15, 0.2) is 0 Å². The van der Waals surface area contributed by atoms with Crippen molar-refractivity contribution in [2.75, 3.05) is 77.9 Å². The van der Waals surface area contributed by atoms with E-state index < -0.39 is 13.7 Å². The van der Waals surface area contributed by atoms with Gasteiger partial charge in [-0.1, -0.05) is 12.8 Å². The van der Waals surface area contributed by atoms with Crippen LogP contribution in [-0.2, 0) is 32.9 Å². The van der Waals surface area contributed by atoms with Crippen LogP contribution in [-0.4, -0.2) is 101 Å². The van der Waals surface area contributed by atoms with Crippen molar-refractivity contribution in [3.63, 3.8) is 0 Å². The van der Waals surface area contributed by atoms with Gasteiger partial charge in [0, 0.05) is 38.3 Å². The quantitative estimate of drug-likeness (QED) is 0.110. The number of unbranched alkanes of at least 4 members (excludes halogenated alkanes) is 3. The van der Waals surface area contributed by atoms with Crippen molar-refractivity contribution in [3.05, 3.63) is 0 Å². The third-order valence-electron chi connectivity index (χ3n) is 4.28. The van der Waals surface area contributed by atoms with Crippen molar-refractivity contribution in [2.24, 2.45) is 0 Å². The Morgan fingerprint density at radius 2 is 1.40 bits per heavy atom. The average Bonchev–Trinajstić information content (AvgIpc) is 2.80. The highest BCUT2D eigenvalue weighted by atomic mass is 32.2. The second-order valence-electron chi connectivity index (χ2n) is 7.53. The summed E-state index contributed by atoms with van der Waals surface area (Å²) in [4.78, 5) is 43.7. The van der Waals surface area contributed by atoms with Crippen molar-refractivity contribution >= 4 is 37.3 Å². The molecule has 1 atom stereocenters. The van der Waals surface area contributed by atoms with Crippen LogP contribution >= 0.6 is 19.4 Å². The molecule has 0 aliphatic heterocycles. The molecule has 0 fully saturated rings. The molecule has 1 unspecified atom stereocenters. The van der Waals surface area contributed by atoms with E-state index in [0.717, 1.165) is 31.7 Å². The number of alkyl carbamates (subject to hydrolysis) is 1. The Labute approximate surface area is 212 Å².